The number of H-pyrrole nitrogens is 1. The van der Waals surface area contributed by atoms with Gasteiger partial charge in [-0.1, -0.05) is 30.3 Å². The summed E-state index contributed by atoms with van der Waals surface area (Å²) in [5, 5.41) is 9.73. The van der Waals surface area contributed by atoms with Crippen molar-refractivity contribution in [3.63, 3.8) is 0 Å². The molecule has 3 aromatic rings. The van der Waals surface area contributed by atoms with E-state index in [0.717, 1.165) is 23.2 Å². The van der Waals surface area contributed by atoms with Crippen LogP contribution in [0.1, 0.15) is 5.56 Å². The highest BCUT2D eigenvalue weighted by Crippen LogP contribution is 2.37. The van der Waals surface area contributed by atoms with Gasteiger partial charge in [0.1, 0.15) is 0 Å². The molecule has 0 bridgehead atoms. The number of aromatic nitrogens is 2. The molecule has 5 heteroatoms. The third-order valence-electron chi connectivity index (χ3n) is 3.90. The number of benzene rings is 2. The van der Waals surface area contributed by atoms with Crippen molar-refractivity contribution < 1.29 is 4.79 Å². The summed E-state index contributed by atoms with van der Waals surface area (Å²) in [7, 11) is 0. The Morgan fingerprint density at radius 2 is 2.09 bits per heavy atom. The third kappa shape index (κ3) is 2.87. The molecule has 0 saturated heterocycles. The van der Waals surface area contributed by atoms with Crippen molar-refractivity contribution in [2.24, 2.45) is 0 Å². The Kier molecular flexibility index (Phi) is 3.63. The maximum absolute atomic E-state index is 12.5. The van der Waals surface area contributed by atoms with Gasteiger partial charge in [0.25, 0.3) is 0 Å². The van der Waals surface area contributed by atoms with Gasteiger partial charge < -0.3 is 5.32 Å². The fourth-order valence-corrected chi connectivity index (χ4v) is 3.93. The lowest BCUT2D eigenvalue weighted by Crippen LogP contribution is -2.24. The second kappa shape index (κ2) is 5.93. The fraction of sp³-hybridized carbons (Fsp3) is 0.111. The summed E-state index contributed by atoms with van der Waals surface area (Å²) in [6.45, 7) is 0. The first-order valence-corrected chi connectivity index (χ1v) is 8.32. The van der Waals surface area contributed by atoms with Gasteiger partial charge in [-0.25, -0.2) is 0 Å². The Hall–Kier alpha value is -2.53. The highest BCUT2D eigenvalue weighted by Gasteiger charge is 2.27. The molecule has 1 amide bonds. The quantitative estimate of drug-likeness (QED) is 0.773. The average Bonchev–Trinajstić information content (AvgIpc) is 3.24. The first kappa shape index (κ1) is 14.1. The predicted molar refractivity (Wildman–Crippen MR) is 92.4 cm³/mol. The van der Waals surface area contributed by atoms with Crippen LogP contribution in [0.15, 0.2) is 65.8 Å². The molecule has 1 aromatic heterocycles. The van der Waals surface area contributed by atoms with Crippen LogP contribution in [0.25, 0.3) is 11.1 Å². The highest BCUT2D eigenvalue weighted by molar-refractivity contribution is 8.01. The summed E-state index contributed by atoms with van der Waals surface area (Å²) in [5.41, 5.74) is 4.10. The van der Waals surface area contributed by atoms with Crippen molar-refractivity contribution in [3.05, 3.63) is 66.5 Å². The van der Waals surface area contributed by atoms with Gasteiger partial charge in [0.15, 0.2) is 0 Å². The minimum atomic E-state index is -0.0648. The van der Waals surface area contributed by atoms with Crippen LogP contribution in [-0.2, 0) is 11.2 Å². The maximum Gasteiger partial charge on any atom is 0.238 e. The molecule has 0 radical (unpaired) electrons. The number of nitrogens with one attached hydrogen (secondary N) is 2. The summed E-state index contributed by atoms with van der Waals surface area (Å²) in [6, 6.07) is 16.0. The van der Waals surface area contributed by atoms with Crippen LogP contribution in [-0.4, -0.2) is 21.4 Å². The topological polar surface area (TPSA) is 57.8 Å². The number of anilines is 1. The summed E-state index contributed by atoms with van der Waals surface area (Å²) >= 11 is 1.64. The minimum absolute atomic E-state index is 0.0514. The van der Waals surface area contributed by atoms with Crippen molar-refractivity contribution in [2.75, 3.05) is 5.32 Å². The Balaban J connectivity index is 1.49. The molecule has 2 aromatic carbocycles. The van der Waals surface area contributed by atoms with Crippen LogP contribution in [0, 0.1) is 0 Å². The van der Waals surface area contributed by atoms with E-state index in [1.807, 2.05) is 42.6 Å². The number of carbonyl (C=O) groups is 1. The number of fused-ring (bicyclic) bond motifs is 1. The highest BCUT2D eigenvalue weighted by atomic mass is 32.2. The van der Waals surface area contributed by atoms with Gasteiger partial charge in [-0.3, -0.25) is 9.89 Å². The van der Waals surface area contributed by atoms with E-state index in [1.54, 1.807) is 18.0 Å². The van der Waals surface area contributed by atoms with Gasteiger partial charge in [0.2, 0.25) is 5.91 Å². The molecule has 1 aliphatic heterocycles. The van der Waals surface area contributed by atoms with Crippen LogP contribution in [0.5, 0.6) is 0 Å². The number of amides is 1. The molecular formula is C18H15N3OS. The third-order valence-corrected chi connectivity index (χ3v) is 5.22. The lowest BCUT2D eigenvalue weighted by Gasteiger charge is -2.10. The molecule has 2 heterocycles. The van der Waals surface area contributed by atoms with Crippen LogP contribution in [0.2, 0.25) is 0 Å². The Labute approximate surface area is 138 Å². The van der Waals surface area contributed by atoms with Gasteiger partial charge >= 0.3 is 0 Å². The Bertz CT molecular complexity index is 820. The Morgan fingerprint density at radius 3 is 2.91 bits per heavy atom. The van der Waals surface area contributed by atoms with E-state index in [-0.39, 0.29) is 11.2 Å². The number of carbonyl (C=O) groups excluding carboxylic acids is 1. The Morgan fingerprint density at radius 1 is 1.17 bits per heavy atom. The van der Waals surface area contributed by atoms with E-state index < -0.39 is 0 Å². The van der Waals surface area contributed by atoms with Gasteiger partial charge in [0, 0.05) is 22.3 Å². The molecule has 0 fully saturated rings. The minimum Gasteiger partial charge on any atom is -0.325 e. The summed E-state index contributed by atoms with van der Waals surface area (Å²) in [4.78, 5) is 13.7. The molecule has 2 N–H and O–H groups in total. The number of thioether (sulfide) groups is 1. The van der Waals surface area contributed by atoms with Crippen molar-refractivity contribution in [1.82, 2.24) is 10.2 Å². The summed E-state index contributed by atoms with van der Waals surface area (Å²) in [5.74, 6) is 0.0514. The van der Waals surface area contributed by atoms with Crippen LogP contribution in [0.3, 0.4) is 0 Å². The van der Waals surface area contributed by atoms with E-state index in [2.05, 4.69) is 27.6 Å². The molecule has 114 valence electrons. The molecule has 1 aliphatic rings. The van der Waals surface area contributed by atoms with E-state index in [9.17, 15) is 4.79 Å². The smallest absolute Gasteiger partial charge is 0.238 e. The molecule has 0 saturated carbocycles. The zero-order chi connectivity index (χ0) is 15.6. The molecule has 1 atom stereocenters. The van der Waals surface area contributed by atoms with Crippen molar-refractivity contribution in [2.45, 2.75) is 16.6 Å². The number of rotatable bonds is 3. The van der Waals surface area contributed by atoms with Gasteiger partial charge in [-0.05, 0) is 35.7 Å². The van der Waals surface area contributed by atoms with Gasteiger partial charge in [0.05, 0.1) is 11.4 Å². The molecule has 0 spiro atoms. The zero-order valence-electron chi connectivity index (χ0n) is 12.3. The SMILES string of the molecule is O=C(Nc1cccc(-c2cn[nH]c2)c1)C1Cc2ccccc2S1. The molecule has 23 heavy (non-hydrogen) atoms. The summed E-state index contributed by atoms with van der Waals surface area (Å²) < 4.78 is 0. The standard InChI is InChI=1S/C18H15N3OS/c22-18(17-9-13-4-1-2-7-16(13)23-17)21-15-6-3-5-12(8-15)14-10-19-20-11-14/h1-8,10-11,17H,9H2,(H,19,20)(H,21,22). The average molecular weight is 321 g/mol. The second-order valence-corrected chi connectivity index (χ2v) is 6.72. The van der Waals surface area contributed by atoms with E-state index in [4.69, 9.17) is 0 Å². The second-order valence-electron chi connectivity index (χ2n) is 5.48. The number of aromatic amines is 1. The normalized spacial score (nSPS) is 16.1. The van der Waals surface area contributed by atoms with E-state index in [1.165, 1.54) is 10.5 Å². The van der Waals surface area contributed by atoms with Crippen LogP contribution >= 0.6 is 11.8 Å². The largest absolute Gasteiger partial charge is 0.325 e. The van der Waals surface area contributed by atoms with Gasteiger partial charge in [-0.15, -0.1) is 11.8 Å². The monoisotopic (exact) mass is 321 g/mol. The van der Waals surface area contributed by atoms with Crippen molar-refractivity contribution >= 4 is 23.4 Å². The van der Waals surface area contributed by atoms with Gasteiger partial charge in [-0.2, -0.15) is 5.10 Å². The van der Waals surface area contributed by atoms with Crippen LogP contribution < -0.4 is 5.32 Å². The number of nitrogens with zero attached hydrogens (tertiary/aromatic N) is 1. The summed E-state index contributed by atoms with van der Waals surface area (Å²) in [6.07, 6.45) is 4.39. The van der Waals surface area contributed by atoms with Crippen molar-refractivity contribution in [1.29, 1.82) is 0 Å². The zero-order valence-corrected chi connectivity index (χ0v) is 13.1. The lowest BCUT2D eigenvalue weighted by molar-refractivity contribution is -0.115. The molecule has 1 unspecified atom stereocenters. The molecule has 4 rings (SSSR count). The van der Waals surface area contributed by atoms with Crippen LogP contribution in [0.4, 0.5) is 5.69 Å². The number of hydrogen-bond donors (Lipinski definition) is 2. The predicted octanol–water partition coefficient (Wildman–Crippen LogP) is 3.73. The molecule has 0 aliphatic carbocycles. The first-order valence-electron chi connectivity index (χ1n) is 7.44. The van der Waals surface area contributed by atoms with E-state index >= 15 is 0 Å². The molecule has 4 nitrogen and oxygen atoms in total. The first-order chi connectivity index (χ1) is 11.3. The van der Waals surface area contributed by atoms with E-state index in [0.29, 0.717) is 0 Å². The lowest BCUT2D eigenvalue weighted by atomic mass is 10.1. The molecular weight excluding hydrogens is 306 g/mol. The van der Waals surface area contributed by atoms with Crippen molar-refractivity contribution in [3.8, 4) is 11.1 Å². The number of hydrogen-bond acceptors (Lipinski definition) is 3. The fourth-order valence-electron chi connectivity index (χ4n) is 2.74. The maximum atomic E-state index is 12.5.